The molecular formula is C24H28FN5O3. The Morgan fingerprint density at radius 3 is 2.39 bits per heavy atom. The van der Waals surface area contributed by atoms with Gasteiger partial charge < -0.3 is 14.8 Å². The first kappa shape index (κ1) is 23.8. The van der Waals surface area contributed by atoms with Crippen molar-refractivity contribution in [1.82, 2.24) is 15.1 Å². The van der Waals surface area contributed by atoms with Crippen molar-refractivity contribution < 1.29 is 18.7 Å². The molecule has 174 valence electrons. The van der Waals surface area contributed by atoms with Gasteiger partial charge in [-0.25, -0.2) is 4.39 Å². The van der Waals surface area contributed by atoms with E-state index >= 15 is 0 Å². The van der Waals surface area contributed by atoms with Crippen molar-refractivity contribution in [3.05, 3.63) is 70.8 Å². The highest BCUT2D eigenvalue weighted by Crippen LogP contribution is 2.29. The van der Waals surface area contributed by atoms with Gasteiger partial charge in [-0.3, -0.25) is 19.8 Å². The summed E-state index contributed by atoms with van der Waals surface area (Å²) in [4.78, 5) is 17.3. The van der Waals surface area contributed by atoms with Gasteiger partial charge in [-0.2, -0.15) is 5.10 Å². The summed E-state index contributed by atoms with van der Waals surface area (Å²) in [5, 5.41) is 10.3. The van der Waals surface area contributed by atoms with Crippen LogP contribution in [0.4, 0.5) is 10.1 Å². The number of amides is 1. The Morgan fingerprint density at radius 2 is 1.79 bits per heavy atom. The maximum Gasteiger partial charge on any atom is 0.257 e. The number of rotatable bonds is 7. The number of nitrogens with zero attached hydrogens (tertiary/aromatic N) is 3. The number of ether oxygens (including phenoxy) is 2. The summed E-state index contributed by atoms with van der Waals surface area (Å²) in [5.41, 5.74) is 4.12. The molecule has 1 heterocycles. The Hall–Kier alpha value is -3.88. The fraction of sp³-hybridized carbons (Fsp3) is 0.292. The molecule has 8 nitrogen and oxygen atoms in total. The highest BCUT2D eigenvalue weighted by Gasteiger charge is 2.13. The Kier molecular flexibility index (Phi) is 7.66. The van der Waals surface area contributed by atoms with Crippen LogP contribution in [-0.2, 0) is 13.5 Å². The van der Waals surface area contributed by atoms with Crippen LogP contribution in [-0.4, -0.2) is 42.4 Å². The number of hydrogen-bond donors (Lipinski definition) is 2. The minimum absolute atomic E-state index is 0.260. The number of anilines is 1. The van der Waals surface area contributed by atoms with Crippen molar-refractivity contribution in [2.75, 3.05) is 26.1 Å². The lowest BCUT2D eigenvalue weighted by atomic mass is 10.1. The molecule has 0 radical (unpaired) electrons. The van der Waals surface area contributed by atoms with Crippen molar-refractivity contribution in [3.63, 3.8) is 0 Å². The van der Waals surface area contributed by atoms with E-state index in [4.69, 9.17) is 9.47 Å². The lowest BCUT2D eigenvalue weighted by Gasteiger charge is -2.14. The van der Waals surface area contributed by atoms with Gasteiger partial charge >= 0.3 is 0 Å². The Morgan fingerprint density at radius 1 is 1.09 bits per heavy atom. The third-order valence-corrected chi connectivity index (χ3v) is 5.28. The van der Waals surface area contributed by atoms with Crippen molar-refractivity contribution in [3.8, 4) is 11.5 Å². The lowest BCUT2D eigenvalue weighted by molar-refractivity contribution is 0.0977. The summed E-state index contributed by atoms with van der Waals surface area (Å²) < 4.78 is 25.7. The smallest absolute Gasteiger partial charge is 0.257 e. The van der Waals surface area contributed by atoms with Crippen molar-refractivity contribution in [1.29, 1.82) is 0 Å². The minimum atomic E-state index is -0.411. The number of methoxy groups -OCH3 is 2. The Bertz CT molecular complexity index is 1160. The van der Waals surface area contributed by atoms with E-state index in [0.29, 0.717) is 35.7 Å². The number of benzene rings is 2. The second kappa shape index (κ2) is 10.6. The molecule has 0 saturated heterocycles. The molecule has 2 aromatic carbocycles. The number of aromatic nitrogens is 2. The monoisotopic (exact) mass is 453 g/mol. The van der Waals surface area contributed by atoms with Crippen LogP contribution in [0.1, 0.15) is 27.3 Å². The van der Waals surface area contributed by atoms with Crippen LogP contribution < -0.4 is 20.1 Å². The van der Waals surface area contributed by atoms with E-state index < -0.39 is 11.7 Å². The molecule has 0 unspecified atom stereocenters. The van der Waals surface area contributed by atoms with Gasteiger partial charge in [-0.15, -0.1) is 0 Å². The van der Waals surface area contributed by atoms with E-state index in [1.54, 1.807) is 32.4 Å². The zero-order chi connectivity index (χ0) is 24.0. The number of aliphatic imine (C=N–C) groups is 1. The molecule has 1 aromatic heterocycles. The molecule has 3 rings (SSSR count). The standard InChI is InChI=1S/C24H28FN5O3/c1-15-20(16(2)30(3)29-15)12-13-26-24(28-23(31)17-6-8-18(25)9-7-17)27-19-10-11-21(32-4)22(14-19)33-5/h6-11,14H,12-13H2,1-5H3,(H2,26,27,28,31). The second-order valence-electron chi connectivity index (χ2n) is 7.41. The zero-order valence-electron chi connectivity index (χ0n) is 19.4. The molecule has 0 aliphatic rings. The average Bonchev–Trinajstić information content (AvgIpc) is 3.05. The van der Waals surface area contributed by atoms with E-state index in [1.165, 1.54) is 24.3 Å². The predicted molar refractivity (Wildman–Crippen MR) is 126 cm³/mol. The molecule has 0 bridgehead atoms. The highest BCUT2D eigenvalue weighted by molar-refractivity contribution is 6.10. The number of carbonyl (C=O) groups excluding carboxylic acids is 1. The zero-order valence-corrected chi connectivity index (χ0v) is 19.4. The third-order valence-electron chi connectivity index (χ3n) is 5.28. The van der Waals surface area contributed by atoms with Gasteiger partial charge in [-0.1, -0.05) is 0 Å². The Labute approximate surface area is 192 Å². The molecule has 33 heavy (non-hydrogen) atoms. The van der Waals surface area contributed by atoms with Crippen LogP contribution in [0.2, 0.25) is 0 Å². The van der Waals surface area contributed by atoms with Crippen molar-refractivity contribution in [2.45, 2.75) is 20.3 Å². The van der Waals surface area contributed by atoms with Gasteiger partial charge in [0.15, 0.2) is 11.5 Å². The largest absolute Gasteiger partial charge is 0.493 e. The number of halogens is 1. The molecule has 0 atom stereocenters. The lowest BCUT2D eigenvalue weighted by Crippen LogP contribution is -2.36. The normalized spacial score (nSPS) is 11.3. The fourth-order valence-corrected chi connectivity index (χ4v) is 3.40. The van der Waals surface area contributed by atoms with E-state index in [-0.39, 0.29) is 5.96 Å². The first-order valence-corrected chi connectivity index (χ1v) is 10.4. The fourth-order valence-electron chi connectivity index (χ4n) is 3.40. The number of carbonyl (C=O) groups is 1. The van der Waals surface area contributed by atoms with Gasteiger partial charge in [0.1, 0.15) is 5.82 Å². The maximum atomic E-state index is 13.2. The van der Waals surface area contributed by atoms with Gasteiger partial charge in [0.05, 0.1) is 19.9 Å². The molecule has 0 spiro atoms. The van der Waals surface area contributed by atoms with Crippen LogP contribution >= 0.6 is 0 Å². The van der Waals surface area contributed by atoms with Gasteiger partial charge in [0, 0.05) is 36.6 Å². The number of nitrogens with one attached hydrogen (secondary N) is 2. The molecule has 2 N–H and O–H groups in total. The van der Waals surface area contributed by atoms with Crippen LogP contribution in [0, 0.1) is 19.7 Å². The molecule has 3 aromatic rings. The van der Waals surface area contributed by atoms with Crippen LogP contribution in [0.25, 0.3) is 0 Å². The van der Waals surface area contributed by atoms with Crippen LogP contribution in [0.15, 0.2) is 47.5 Å². The van der Waals surface area contributed by atoms with Crippen LogP contribution in [0.3, 0.4) is 0 Å². The molecule has 0 fully saturated rings. The first-order chi connectivity index (χ1) is 15.8. The Balaban J connectivity index is 1.82. The van der Waals surface area contributed by atoms with Gasteiger partial charge in [0.2, 0.25) is 5.96 Å². The average molecular weight is 454 g/mol. The summed E-state index contributed by atoms with van der Waals surface area (Å²) >= 11 is 0. The topological polar surface area (TPSA) is 89.8 Å². The van der Waals surface area contributed by atoms with E-state index in [2.05, 4.69) is 20.7 Å². The first-order valence-electron chi connectivity index (χ1n) is 10.4. The predicted octanol–water partition coefficient (Wildman–Crippen LogP) is 3.63. The number of aryl methyl sites for hydroxylation is 2. The second-order valence-corrected chi connectivity index (χ2v) is 7.41. The molecular weight excluding hydrogens is 425 g/mol. The quantitative estimate of drug-likeness (QED) is 0.421. The number of guanidine groups is 1. The SMILES string of the molecule is COc1ccc(NC(=NCCc2c(C)nn(C)c2C)NC(=O)c2ccc(F)cc2)cc1OC. The maximum absolute atomic E-state index is 13.2. The van der Waals surface area contributed by atoms with Gasteiger partial charge in [0.25, 0.3) is 5.91 Å². The summed E-state index contributed by atoms with van der Waals surface area (Å²) in [6.45, 7) is 4.40. The molecule has 0 aliphatic carbocycles. The van der Waals surface area contributed by atoms with Crippen LogP contribution in [0.5, 0.6) is 11.5 Å². The number of hydrogen-bond acceptors (Lipinski definition) is 5. The van der Waals surface area contributed by atoms with Gasteiger partial charge in [-0.05, 0) is 62.2 Å². The van der Waals surface area contributed by atoms with E-state index in [9.17, 15) is 9.18 Å². The summed E-state index contributed by atoms with van der Waals surface area (Å²) in [6, 6.07) is 10.6. The van der Waals surface area contributed by atoms with Crippen molar-refractivity contribution in [2.24, 2.45) is 12.0 Å². The summed E-state index contributed by atoms with van der Waals surface area (Å²) in [7, 11) is 5.01. The van der Waals surface area contributed by atoms with Crippen molar-refractivity contribution >= 4 is 17.6 Å². The molecule has 1 amide bonds. The van der Waals surface area contributed by atoms with E-state index in [0.717, 1.165) is 17.0 Å². The summed E-state index contributed by atoms with van der Waals surface area (Å²) in [5.74, 6) is 0.560. The minimum Gasteiger partial charge on any atom is -0.493 e. The summed E-state index contributed by atoms with van der Waals surface area (Å²) in [6.07, 6.45) is 0.662. The molecule has 9 heteroatoms. The highest BCUT2D eigenvalue weighted by atomic mass is 19.1. The van der Waals surface area contributed by atoms with E-state index in [1.807, 2.05) is 25.6 Å². The molecule has 0 aliphatic heterocycles. The molecule has 0 saturated carbocycles. The third kappa shape index (κ3) is 5.88.